The van der Waals surface area contributed by atoms with Gasteiger partial charge in [-0.05, 0) is 18.8 Å². The van der Waals surface area contributed by atoms with Crippen LogP contribution < -0.4 is 11.1 Å². The SMILES string of the molecule is CCC(CC)CN=C(N)NC1CC1. The molecule has 1 fully saturated rings. The summed E-state index contributed by atoms with van der Waals surface area (Å²) in [7, 11) is 0. The predicted molar refractivity (Wildman–Crippen MR) is 56.7 cm³/mol. The molecule has 76 valence electrons. The van der Waals surface area contributed by atoms with Gasteiger partial charge in [0.25, 0.3) is 0 Å². The fourth-order valence-corrected chi connectivity index (χ4v) is 1.26. The highest BCUT2D eigenvalue weighted by molar-refractivity contribution is 5.78. The highest BCUT2D eigenvalue weighted by Gasteiger charge is 2.21. The molecule has 0 radical (unpaired) electrons. The van der Waals surface area contributed by atoms with Crippen molar-refractivity contribution in [2.45, 2.75) is 45.6 Å². The smallest absolute Gasteiger partial charge is 0.188 e. The molecule has 0 aromatic heterocycles. The molecule has 3 heteroatoms. The first-order chi connectivity index (χ1) is 6.26. The van der Waals surface area contributed by atoms with E-state index in [0.29, 0.717) is 17.9 Å². The molecule has 13 heavy (non-hydrogen) atoms. The second-order valence-electron chi connectivity index (χ2n) is 3.83. The lowest BCUT2D eigenvalue weighted by atomic mass is 10.0. The van der Waals surface area contributed by atoms with Crippen LogP contribution in [0.5, 0.6) is 0 Å². The maximum Gasteiger partial charge on any atom is 0.188 e. The van der Waals surface area contributed by atoms with Crippen molar-refractivity contribution in [3.63, 3.8) is 0 Å². The number of nitrogens with zero attached hydrogens (tertiary/aromatic N) is 1. The summed E-state index contributed by atoms with van der Waals surface area (Å²) in [6.07, 6.45) is 4.88. The molecule has 0 heterocycles. The van der Waals surface area contributed by atoms with Crippen LogP contribution in [-0.2, 0) is 0 Å². The maximum atomic E-state index is 5.71. The van der Waals surface area contributed by atoms with Gasteiger partial charge in [0.1, 0.15) is 0 Å². The number of nitrogens with two attached hydrogens (primary N) is 1. The Hall–Kier alpha value is -0.730. The van der Waals surface area contributed by atoms with E-state index in [0.717, 1.165) is 6.54 Å². The van der Waals surface area contributed by atoms with E-state index < -0.39 is 0 Å². The van der Waals surface area contributed by atoms with E-state index in [1.165, 1.54) is 25.7 Å². The third-order valence-corrected chi connectivity index (χ3v) is 2.60. The molecular weight excluding hydrogens is 162 g/mol. The van der Waals surface area contributed by atoms with Crippen molar-refractivity contribution in [1.29, 1.82) is 0 Å². The van der Waals surface area contributed by atoms with E-state index in [2.05, 4.69) is 24.2 Å². The molecule has 0 aliphatic heterocycles. The Morgan fingerprint density at radius 2 is 2.08 bits per heavy atom. The molecule has 1 rings (SSSR count). The third kappa shape index (κ3) is 4.15. The van der Waals surface area contributed by atoms with Gasteiger partial charge in [-0.2, -0.15) is 0 Å². The Balaban J connectivity index is 2.18. The molecule has 0 saturated heterocycles. The Morgan fingerprint density at radius 3 is 2.54 bits per heavy atom. The van der Waals surface area contributed by atoms with Crippen LogP contribution in [0.2, 0.25) is 0 Å². The van der Waals surface area contributed by atoms with Crippen LogP contribution in [-0.4, -0.2) is 18.5 Å². The van der Waals surface area contributed by atoms with Crippen LogP contribution in [0.1, 0.15) is 39.5 Å². The quantitative estimate of drug-likeness (QED) is 0.501. The van der Waals surface area contributed by atoms with Crippen molar-refractivity contribution >= 4 is 5.96 Å². The minimum atomic E-state index is 0.616. The standard InChI is InChI=1S/C10H21N3/c1-3-8(4-2)7-12-10(11)13-9-5-6-9/h8-9H,3-7H2,1-2H3,(H3,11,12,13). The number of guanidine groups is 1. The lowest BCUT2D eigenvalue weighted by molar-refractivity contribution is 0.505. The molecule has 3 nitrogen and oxygen atoms in total. The van der Waals surface area contributed by atoms with Crippen molar-refractivity contribution in [2.75, 3.05) is 6.54 Å². The van der Waals surface area contributed by atoms with E-state index in [4.69, 9.17) is 5.73 Å². The average Bonchev–Trinajstić information content (AvgIpc) is 2.90. The van der Waals surface area contributed by atoms with Crippen molar-refractivity contribution in [3.05, 3.63) is 0 Å². The lowest BCUT2D eigenvalue weighted by Gasteiger charge is -2.09. The van der Waals surface area contributed by atoms with Crippen molar-refractivity contribution in [2.24, 2.45) is 16.6 Å². The first-order valence-electron chi connectivity index (χ1n) is 5.32. The van der Waals surface area contributed by atoms with E-state index in [9.17, 15) is 0 Å². The van der Waals surface area contributed by atoms with E-state index in [1.807, 2.05) is 0 Å². The Kier molecular flexibility index (Phi) is 4.06. The zero-order valence-corrected chi connectivity index (χ0v) is 8.71. The van der Waals surface area contributed by atoms with Gasteiger partial charge in [-0.15, -0.1) is 0 Å². The van der Waals surface area contributed by atoms with Crippen LogP contribution in [0, 0.1) is 5.92 Å². The molecule has 1 aliphatic rings. The summed E-state index contributed by atoms with van der Waals surface area (Å²) in [5.74, 6) is 1.33. The number of aliphatic imine (C=N–C) groups is 1. The molecule has 0 bridgehead atoms. The maximum absolute atomic E-state index is 5.71. The van der Waals surface area contributed by atoms with E-state index in [1.54, 1.807) is 0 Å². The molecule has 0 aromatic rings. The molecule has 0 unspecified atom stereocenters. The molecule has 0 aromatic carbocycles. The molecule has 3 N–H and O–H groups in total. The number of hydrogen-bond donors (Lipinski definition) is 2. The van der Waals surface area contributed by atoms with Crippen LogP contribution in [0.25, 0.3) is 0 Å². The Bertz CT molecular complexity index is 169. The van der Waals surface area contributed by atoms with Crippen molar-refractivity contribution in [1.82, 2.24) is 5.32 Å². The van der Waals surface area contributed by atoms with Gasteiger partial charge in [-0.3, -0.25) is 4.99 Å². The first-order valence-corrected chi connectivity index (χ1v) is 5.32. The van der Waals surface area contributed by atoms with E-state index in [-0.39, 0.29) is 0 Å². The van der Waals surface area contributed by atoms with Gasteiger partial charge in [0, 0.05) is 12.6 Å². The fourth-order valence-electron chi connectivity index (χ4n) is 1.26. The summed E-state index contributed by atoms with van der Waals surface area (Å²) in [6.45, 7) is 5.28. The van der Waals surface area contributed by atoms with Gasteiger partial charge in [-0.1, -0.05) is 26.7 Å². The second kappa shape index (κ2) is 5.10. The highest BCUT2D eigenvalue weighted by Crippen LogP contribution is 2.18. The van der Waals surface area contributed by atoms with Crippen LogP contribution in [0.3, 0.4) is 0 Å². The van der Waals surface area contributed by atoms with Crippen molar-refractivity contribution in [3.8, 4) is 0 Å². The average molecular weight is 183 g/mol. The largest absolute Gasteiger partial charge is 0.370 e. The normalized spacial score (nSPS) is 17.9. The Morgan fingerprint density at radius 1 is 1.46 bits per heavy atom. The summed E-state index contributed by atoms with van der Waals surface area (Å²) in [5.41, 5.74) is 5.71. The molecule has 0 amide bonds. The zero-order chi connectivity index (χ0) is 9.68. The monoisotopic (exact) mass is 183 g/mol. The Labute approximate surface area is 80.8 Å². The predicted octanol–water partition coefficient (Wildman–Crippen LogP) is 1.49. The minimum absolute atomic E-state index is 0.616. The van der Waals surface area contributed by atoms with Gasteiger partial charge >= 0.3 is 0 Å². The highest BCUT2D eigenvalue weighted by atomic mass is 15.1. The van der Waals surface area contributed by atoms with Crippen molar-refractivity contribution < 1.29 is 0 Å². The van der Waals surface area contributed by atoms with Crippen LogP contribution >= 0.6 is 0 Å². The topological polar surface area (TPSA) is 50.4 Å². The van der Waals surface area contributed by atoms with Gasteiger partial charge in [0.15, 0.2) is 5.96 Å². The molecule has 0 spiro atoms. The van der Waals surface area contributed by atoms with Crippen LogP contribution in [0.4, 0.5) is 0 Å². The number of nitrogens with one attached hydrogen (secondary N) is 1. The summed E-state index contributed by atoms with van der Waals surface area (Å²) >= 11 is 0. The lowest BCUT2D eigenvalue weighted by Crippen LogP contribution is -2.33. The minimum Gasteiger partial charge on any atom is -0.370 e. The van der Waals surface area contributed by atoms with Crippen LogP contribution in [0.15, 0.2) is 4.99 Å². The summed E-state index contributed by atoms with van der Waals surface area (Å²) in [6, 6.07) is 0.616. The van der Waals surface area contributed by atoms with Gasteiger partial charge in [-0.25, -0.2) is 0 Å². The molecular formula is C10H21N3. The first kappa shape index (κ1) is 10.4. The fraction of sp³-hybridized carbons (Fsp3) is 0.900. The number of rotatable bonds is 5. The van der Waals surface area contributed by atoms with E-state index >= 15 is 0 Å². The molecule has 1 saturated carbocycles. The second-order valence-corrected chi connectivity index (χ2v) is 3.83. The van der Waals surface area contributed by atoms with Gasteiger partial charge < -0.3 is 11.1 Å². The molecule has 1 aliphatic carbocycles. The summed E-state index contributed by atoms with van der Waals surface area (Å²) < 4.78 is 0. The summed E-state index contributed by atoms with van der Waals surface area (Å²) in [5, 5.41) is 3.19. The summed E-state index contributed by atoms with van der Waals surface area (Å²) in [4.78, 5) is 4.33. The number of hydrogen-bond acceptors (Lipinski definition) is 1. The zero-order valence-electron chi connectivity index (χ0n) is 8.71. The van der Waals surface area contributed by atoms with Gasteiger partial charge in [0.05, 0.1) is 0 Å². The molecule has 0 atom stereocenters. The van der Waals surface area contributed by atoms with Gasteiger partial charge in [0.2, 0.25) is 0 Å². The third-order valence-electron chi connectivity index (χ3n) is 2.60.